The van der Waals surface area contributed by atoms with Gasteiger partial charge in [-0.25, -0.2) is 10.3 Å². The Morgan fingerprint density at radius 2 is 1.21 bits per heavy atom. The van der Waals surface area contributed by atoms with Crippen molar-refractivity contribution in [1.82, 2.24) is 5.32 Å². The third-order valence-corrected chi connectivity index (χ3v) is 4.67. The average molecular weight is 365 g/mol. The molecule has 3 nitrogen and oxygen atoms in total. The molecule has 137 valence electrons. The first-order valence-corrected chi connectivity index (χ1v) is 9.49. The number of rotatable bonds is 7. The van der Waals surface area contributed by atoms with Crippen LogP contribution in [0.25, 0.3) is 11.4 Å². The highest BCUT2D eigenvalue weighted by molar-refractivity contribution is 6.08. The van der Waals surface area contributed by atoms with E-state index >= 15 is 0 Å². The fourth-order valence-corrected chi connectivity index (χ4v) is 3.26. The number of nitrogens with zero attached hydrogens (tertiary/aromatic N) is 2. The van der Waals surface area contributed by atoms with Crippen molar-refractivity contribution in [2.24, 2.45) is 4.99 Å². The molecule has 0 amide bonds. The average Bonchev–Trinajstić information content (AvgIpc) is 3.19. The molecule has 1 radical (unpaired) electrons. The lowest BCUT2D eigenvalue weighted by atomic mass is 10.1. The van der Waals surface area contributed by atoms with E-state index in [4.69, 9.17) is 10.3 Å². The lowest BCUT2D eigenvalue weighted by Crippen LogP contribution is -2.13. The molecule has 0 aliphatic carbocycles. The minimum atomic E-state index is 0.207. The van der Waals surface area contributed by atoms with Gasteiger partial charge in [-0.1, -0.05) is 91.0 Å². The van der Waals surface area contributed by atoms with Gasteiger partial charge < -0.3 is 0 Å². The summed E-state index contributed by atoms with van der Waals surface area (Å²) in [5.74, 6) is 0.928. The molecule has 3 heteroatoms. The van der Waals surface area contributed by atoms with E-state index < -0.39 is 0 Å². The van der Waals surface area contributed by atoms with Gasteiger partial charge in [0.1, 0.15) is 11.6 Å². The van der Waals surface area contributed by atoms with Crippen molar-refractivity contribution in [2.75, 3.05) is 0 Å². The van der Waals surface area contributed by atoms with Gasteiger partial charge in [0, 0.05) is 30.4 Å². The summed E-state index contributed by atoms with van der Waals surface area (Å²) in [5.41, 5.74) is 4.87. The molecule has 0 aromatic heterocycles. The summed E-state index contributed by atoms with van der Waals surface area (Å²) >= 11 is 0. The lowest BCUT2D eigenvalue weighted by molar-refractivity contribution is -0.118. The summed E-state index contributed by atoms with van der Waals surface area (Å²) < 4.78 is 0. The minimum absolute atomic E-state index is 0.207. The zero-order valence-electron chi connectivity index (χ0n) is 15.6. The minimum Gasteiger partial charge on any atom is -0.299 e. The van der Waals surface area contributed by atoms with Gasteiger partial charge in [-0.15, -0.1) is 0 Å². The Bertz CT molecular complexity index is 1010. The lowest BCUT2D eigenvalue weighted by Gasteiger charge is -2.06. The van der Waals surface area contributed by atoms with Crippen LogP contribution < -0.4 is 5.32 Å². The highest BCUT2D eigenvalue weighted by Gasteiger charge is 2.22. The van der Waals surface area contributed by atoms with E-state index in [0.717, 1.165) is 33.9 Å². The van der Waals surface area contributed by atoms with Gasteiger partial charge in [0.25, 0.3) is 0 Å². The molecule has 1 aliphatic rings. The fourth-order valence-electron chi connectivity index (χ4n) is 3.26. The Morgan fingerprint density at radius 1 is 0.679 bits per heavy atom. The molecule has 1 aliphatic heterocycles. The molecule has 0 spiro atoms. The van der Waals surface area contributed by atoms with Gasteiger partial charge in [0.15, 0.2) is 0 Å². The van der Waals surface area contributed by atoms with Gasteiger partial charge >= 0.3 is 0 Å². The molecular weight excluding hydrogens is 344 g/mol. The van der Waals surface area contributed by atoms with Gasteiger partial charge in [-0.05, 0) is 5.56 Å². The molecule has 0 N–H and O–H groups in total. The Kier molecular flexibility index (Phi) is 5.43. The molecule has 0 atom stereocenters. The Hall–Kier alpha value is -3.46. The molecule has 3 aromatic rings. The van der Waals surface area contributed by atoms with E-state index in [1.807, 2.05) is 91.0 Å². The fraction of sp³-hybridized carbons (Fsp3) is 0.120. The molecule has 0 saturated carbocycles. The maximum atomic E-state index is 12.4. The van der Waals surface area contributed by atoms with Crippen LogP contribution in [-0.2, 0) is 11.2 Å². The van der Waals surface area contributed by atoms with Crippen LogP contribution in [0.2, 0.25) is 0 Å². The van der Waals surface area contributed by atoms with Crippen LogP contribution in [0.4, 0.5) is 0 Å². The van der Waals surface area contributed by atoms with Crippen molar-refractivity contribution in [3.8, 4) is 0 Å². The number of Topliss-reactive ketones (excluding diaryl/α,β-unsaturated/α-hetero) is 1. The summed E-state index contributed by atoms with van der Waals surface area (Å²) in [6.45, 7) is 0. The molecular formula is C25H21N2O. The normalized spacial score (nSPS) is 13.2. The molecule has 3 aromatic carbocycles. The summed E-state index contributed by atoms with van der Waals surface area (Å²) in [5, 5.41) is 4.77. The zero-order chi connectivity index (χ0) is 19.2. The summed E-state index contributed by atoms with van der Waals surface area (Å²) in [6.07, 6.45) is 1.46. The molecule has 0 unspecified atom stereocenters. The number of benzene rings is 3. The molecule has 0 fully saturated rings. The first kappa shape index (κ1) is 17.9. The topological polar surface area (TPSA) is 43.5 Å². The summed E-state index contributed by atoms with van der Waals surface area (Å²) in [7, 11) is 0. The second kappa shape index (κ2) is 8.49. The SMILES string of the molecule is O=C(CCC1=NC(c2ccccc2)=C(c2ccccc2)[N]1)Cc1ccccc1. The molecule has 0 saturated heterocycles. The predicted octanol–water partition coefficient (Wildman–Crippen LogP) is 5.12. The van der Waals surface area contributed by atoms with Crippen molar-refractivity contribution < 1.29 is 4.79 Å². The number of hydrogen-bond donors (Lipinski definition) is 0. The van der Waals surface area contributed by atoms with Crippen LogP contribution in [0.15, 0.2) is 96.0 Å². The Labute approximate surface area is 165 Å². The Morgan fingerprint density at radius 3 is 1.82 bits per heavy atom. The number of carbonyl (C=O) groups excluding carboxylic acids is 1. The predicted molar refractivity (Wildman–Crippen MR) is 114 cm³/mol. The monoisotopic (exact) mass is 365 g/mol. The molecule has 28 heavy (non-hydrogen) atoms. The van der Waals surface area contributed by atoms with Crippen LogP contribution in [0.5, 0.6) is 0 Å². The zero-order valence-corrected chi connectivity index (χ0v) is 15.6. The number of carbonyl (C=O) groups is 1. The summed E-state index contributed by atoms with van der Waals surface area (Å²) in [6, 6.07) is 30.0. The van der Waals surface area contributed by atoms with E-state index in [1.165, 1.54) is 0 Å². The Balaban J connectivity index is 1.49. The molecule has 4 rings (SSSR count). The van der Waals surface area contributed by atoms with E-state index in [-0.39, 0.29) is 5.78 Å². The van der Waals surface area contributed by atoms with Gasteiger partial charge in [0.05, 0.1) is 11.4 Å². The second-order valence-corrected chi connectivity index (χ2v) is 6.77. The van der Waals surface area contributed by atoms with Gasteiger partial charge in [-0.2, -0.15) is 0 Å². The number of ketones is 1. The van der Waals surface area contributed by atoms with Crippen molar-refractivity contribution in [1.29, 1.82) is 0 Å². The van der Waals surface area contributed by atoms with Gasteiger partial charge in [0.2, 0.25) is 0 Å². The molecule has 0 bridgehead atoms. The quantitative estimate of drug-likeness (QED) is 0.573. The highest BCUT2D eigenvalue weighted by Crippen LogP contribution is 2.31. The first-order chi connectivity index (χ1) is 13.8. The van der Waals surface area contributed by atoms with Crippen molar-refractivity contribution >= 4 is 23.0 Å². The van der Waals surface area contributed by atoms with Crippen LogP contribution in [0.1, 0.15) is 29.5 Å². The maximum Gasteiger partial charge on any atom is 0.137 e. The van der Waals surface area contributed by atoms with Crippen LogP contribution in [0.3, 0.4) is 0 Å². The van der Waals surface area contributed by atoms with E-state index in [2.05, 4.69) is 0 Å². The van der Waals surface area contributed by atoms with Crippen molar-refractivity contribution in [3.63, 3.8) is 0 Å². The van der Waals surface area contributed by atoms with E-state index in [0.29, 0.717) is 19.3 Å². The van der Waals surface area contributed by atoms with Crippen molar-refractivity contribution in [2.45, 2.75) is 19.3 Å². The van der Waals surface area contributed by atoms with Crippen LogP contribution >= 0.6 is 0 Å². The van der Waals surface area contributed by atoms with Crippen LogP contribution in [-0.4, -0.2) is 11.6 Å². The third-order valence-electron chi connectivity index (χ3n) is 4.67. The van der Waals surface area contributed by atoms with Crippen molar-refractivity contribution in [3.05, 3.63) is 108 Å². The standard InChI is InChI=1S/C25H21N2O/c28-22(18-19-10-4-1-5-11-19)16-17-23-26-24(20-12-6-2-7-13-20)25(27-23)21-14-8-3-9-15-21/h1-15H,16-18H2. The second-order valence-electron chi connectivity index (χ2n) is 6.77. The van der Waals surface area contributed by atoms with Gasteiger partial charge in [-0.3, -0.25) is 4.79 Å². The third kappa shape index (κ3) is 4.26. The maximum absolute atomic E-state index is 12.4. The van der Waals surface area contributed by atoms with E-state index in [1.54, 1.807) is 0 Å². The largest absolute Gasteiger partial charge is 0.299 e. The molecule has 1 heterocycles. The number of hydrogen-bond acceptors (Lipinski definition) is 2. The summed E-state index contributed by atoms with van der Waals surface area (Å²) in [4.78, 5) is 17.1. The smallest absolute Gasteiger partial charge is 0.137 e. The van der Waals surface area contributed by atoms with E-state index in [9.17, 15) is 4.79 Å². The number of amidine groups is 1. The van der Waals surface area contributed by atoms with Crippen LogP contribution in [0, 0.1) is 0 Å². The first-order valence-electron chi connectivity index (χ1n) is 9.49. The number of aliphatic imine (C=N–C) groups is 1. The highest BCUT2D eigenvalue weighted by atomic mass is 16.1.